The van der Waals surface area contributed by atoms with Crippen molar-refractivity contribution in [1.29, 1.82) is 0 Å². The van der Waals surface area contributed by atoms with Crippen molar-refractivity contribution in [2.75, 3.05) is 45.9 Å². The maximum Gasteiger partial charge on any atom is 0.409 e. The Labute approximate surface area is 155 Å². The summed E-state index contributed by atoms with van der Waals surface area (Å²) in [5.41, 5.74) is 2.46. The first-order valence-corrected chi connectivity index (χ1v) is 9.81. The van der Waals surface area contributed by atoms with Crippen molar-refractivity contribution in [2.24, 2.45) is 0 Å². The summed E-state index contributed by atoms with van der Waals surface area (Å²) in [5, 5.41) is 14.9. The molecule has 0 aromatic heterocycles. The maximum absolute atomic E-state index is 12.0. The zero-order valence-corrected chi connectivity index (χ0v) is 15.5. The van der Waals surface area contributed by atoms with Gasteiger partial charge in [0.25, 0.3) is 0 Å². The van der Waals surface area contributed by atoms with Crippen LogP contribution >= 0.6 is 0 Å². The number of fused-ring (bicyclic) bond motifs is 2. The molecule has 3 aliphatic rings. The molecule has 142 valence electrons. The molecule has 2 heterocycles. The first-order chi connectivity index (χ1) is 12.7. The highest BCUT2D eigenvalue weighted by Gasteiger charge is 2.53. The summed E-state index contributed by atoms with van der Waals surface area (Å²) in [5.74, 6) is 0. The number of rotatable bonds is 2. The van der Waals surface area contributed by atoms with Crippen LogP contribution in [0.3, 0.4) is 0 Å². The molecule has 0 unspecified atom stereocenters. The van der Waals surface area contributed by atoms with Crippen molar-refractivity contribution < 1.29 is 14.6 Å². The Kier molecular flexibility index (Phi) is 4.90. The molecule has 1 amide bonds. The summed E-state index contributed by atoms with van der Waals surface area (Å²) in [4.78, 5) is 16.1. The molecule has 2 saturated heterocycles. The number of carbonyl (C=O) groups excluding carboxylic acids is 1. The zero-order valence-electron chi connectivity index (χ0n) is 15.5. The second kappa shape index (κ2) is 7.18. The molecule has 2 atom stereocenters. The lowest BCUT2D eigenvalue weighted by molar-refractivity contribution is -0.0175. The average Bonchev–Trinajstić information content (AvgIpc) is 2.91. The van der Waals surface area contributed by atoms with E-state index in [1.807, 2.05) is 6.92 Å². The van der Waals surface area contributed by atoms with Gasteiger partial charge in [-0.1, -0.05) is 24.3 Å². The van der Waals surface area contributed by atoms with E-state index in [0.29, 0.717) is 19.7 Å². The molecule has 0 radical (unpaired) electrons. The van der Waals surface area contributed by atoms with Gasteiger partial charge in [-0.25, -0.2) is 4.79 Å². The molecule has 1 aromatic rings. The van der Waals surface area contributed by atoms with Gasteiger partial charge < -0.3 is 20.1 Å². The van der Waals surface area contributed by atoms with Crippen LogP contribution < -0.4 is 5.32 Å². The van der Waals surface area contributed by atoms with E-state index in [-0.39, 0.29) is 17.6 Å². The van der Waals surface area contributed by atoms with Crippen molar-refractivity contribution in [1.82, 2.24) is 15.1 Å². The molecular weight excluding hydrogens is 330 g/mol. The molecule has 0 saturated carbocycles. The van der Waals surface area contributed by atoms with Crippen molar-refractivity contribution in [3.8, 4) is 0 Å². The molecule has 6 heteroatoms. The Morgan fingerprint density at radius 2 is 1.92 bits per heavy atom. The maximum atomic E-state index is 12.0. The molecule has 1 aromatic carbocycles. The summed E-state index contributed by atoms with van der Waals surface area (Å²) in [7, 11) is 0. The van der Waals surface area contributed by atoms with Gasteiger partial charge in [0.15, 0.2) is 0 Å². The molecule has 2 aliphatic heterocycles. The van der Waals surface area contributed by atoms with E-state index in [0.717, 1.165) is 39.0 Å². The standard InChI is InChI=1S/C20H29N3O3/c1-2-26-19(25)23-13-11-22(12-14-23)17-15-5-3-4-6-16(15)20(18(17)24)7-9-21-10-8-20/h3-6,17-18,21,24H,2,7-14H2,1H3/t17-,18+/m1/s1. The van der Waals surface area contributed by atoms with Crippen molar-refractivity contribution in [3.05, 3.63) is 35.4 Å². The lowest BCUT2D eigenvalue weighted by Gasteiger charge is -2.43. The molecule has 2 fully saturated rings. The highest BCUT2D eigenvalue weighted by Crippen LogP contribution is 2.52. The zero-order chi connectivity index (χ0) is 18.1. The largest absolute Gasteiger partial charge is 0.450 e. The van der Waals surface area contributed by atoms with Crippen LogP contribution in [0, 0.1) is 0 Å². The van der Waals surface area contributed by atoms with Gasteiger partial charge in [0.2, 0.25) is 0 Å². The number of amides is 1. The predicted molar refractivity (Wildman–Crippen MR) is 99.1 cm³/mol. The van der Waals surface area contributed by atoms with Crippen molar-refractivity contribution in [2.45, 2.75) is 37.3 Å². The van der Waals surface area contributed by atoms with Gasteiger partial charge in [-0.15, -0.1) is 0 Å². The molecule has 26 heavy (non-hydrogen) atoms. The first kappa shape index (κ1) is 17.8. The molecular formula is C20H29N3O3. The monoisotopic (exact) mass is 359 g/mol. The van der Waals surface area contributed by atoms with Crippen molar-refractivity contribution >= 4 is 6.09 Å². The summed E-state index contributed by atoms with van der Waals surface area (Å²) < 4.78 is 5.12. The summed E-state index contributed by atoms with van der Waals surface area (Å²) in [6, 6.07) is 8.58. The number of aliphatic hydroxyl groups is 1. The third kappa shape index (κ3) is 2.80. The minimum absolute atomic E-state index is 0.0219. The smallest absolute Gasteiger partial charge is 0.409 e. The van der Waals surface area contributed by atoms with Gasteiger partial charge in [-0.3, -0.25) is 4.90 Å². The normalized spacial score (nSPS) is 28.2. The minimum atomic E-state index is -0.392. The number of ether oxygens (including phenoxy) is 1. The topological polar surface area (TPSA) is 65.0 Å². The van der Waals surface area contributed by atoms with E-state index in [9.17, 15) is 9.90 Å². The Balaban J connectivity index is 1.55. The van der Waals surface area contributed by atoms with Crippen LogP contribution in [-0.2, 0) is 10.2 Å². The first-order valence-electron chi connectivity index (χ1n) is 9.81. The summed E-state index contributed by atoms with van der Waals surface area (Å²) >= 11 is 0. The van der Waals surface area contributed by atoms with E-state index < -0.39 is 6.10 Å². The number of aliphatic hydroxyl groups excluding tert-OH is 1. The third-order valence-corrected chi connectivity index (χ3v) is 6.41. The average molecular weight is 359 g/mol. The highest BCUT2D eigenvalue weighted by molar-refractivity contribution is 5.67. The van der Waals surface area contributed by atoms with Gasteiger partial charge in [0.1, 0.15) is 0 Å². The lowest BCUT2D eigenvalue weighted by atomic mass is 9.72. The van der Waals surface area contributed by atoms with Crippen LogP contribution in [0.15, 0.2) is 24.3 Å². The van der Waals surface area contributed by atoms with E-state index in [1.54, 1.807) is 4.90 Å². The fourth-order valence-corrected chi connectivity index (χ4v) is 5.07. The fourth-order valence-electron chi connectivity index (χ4n) is 5.07. The number of nitrogens with zero attached hydrogens (tertiary/aromatic N) is 2. The van der Waals surface area contributed by atoms with Gasteiger partial charge in [0, 0.05) is 31.6 Å². The number of nitrogens with one attached hydrogen (secondary N) is 1. The number of hydrogen-bond acceptors (Lipinski definition) is 5. The van der Waals surface area contributed by atoms with Crippen LogP contribution in [0.2, 0.25) is 0 Å². The predicted octanol–water partition coefficient (Wildman–Crippen LogP) is 1.50. The van der Waals surface area contributed by atoms with Crippen LogP contribution in [0.25, 0.3) is 0 Å². The summed E-state index contributed by atoms with van der Waals surface area (Å²) in [6.07, 6.45) is 1.33. The van der Waals surface area contributed by atoms with E-state index in [2.05, 4.69) is 34.5 Å². The highest BCUT2D eigenvalue weighted by atomic mass is 16.6. The number of benzene rings is 1. The van der Waals surface area contributed by atoms with E-state index in [4.69, 9.17) is 4.74 Å². The van der Waals surface area contributed by atoms with Gasteiger partial charge >= 0.3 is 6.09 Å². The van der Waals surface area contributed by atoms with E-state index >= 15 is 0 Å². The molecule has 1 spiro atoms. The van der Waals surface area contributed by atoms with Crippen LogP contribution in [-0.4, -0.2) is 73.0 Å². The quantitative estimate of drug-likeness (QED) is 0.838. The van der Waals surface area contributed by atoms with Crippen LogP contribution in [0.4, 0.5) is 4.79 Å². The Hall–Kier alpha value is -1.63. The van der Waals surface area contributed by atoms with E-state index in [1.165, 1.54) is 11.1 Å². The van der Waals surface area contributed by atoms with Gasteiger partial charge in [-0.2, -0.15) is 0 Å². The molecule has 1 aliphatic carbocycles. The van der Waals surface area contributed by atoms with Gasteiger partial charge in [0.05, 0.1) is 18.8 Å². The third-order valence-electron chi connectivity index (χ3n) is 6.41. The fraction of sp³-hybridized carbons (Fsp3) is 0.650. The number of piperazine rings is 1. The lowest BCUT2D eigenvalue weighted by Crippen LogP contribution is -2.53. The number of piperidine rings is 1. The number of carbonyl (C=O) groups is 1. The van der Waals surface area contributed by atoms with Gasteiger partial charge in [-0.05, 0) is 44.0 Å². The molecule has 6 nitrogen and oxygen atoms in total. The molecule has 2 N–H and O–H groups in total. The second-order valence-corrected chi connectivity index (χ2v) is 7.61. The van der Waals surface area contributed by atoms with Crippen molar-refractivity contribution in [3.63, 3.8) is 0 Å². The summed E-state index contributed by atoms with van der Waals surface area (Å²) in [6.45, 7) is 6.98. The number of hydrogen-bond donors (Lipinski definition) is 2. The minimum Gasteiger partial charge on any atom is -0.450 e. The SMILES string of the molecule is CCOC(=O)N1CCN([C@@H]2c3ccccc3C3(CCNCC3)[C@H]2O)CC1. The Bertz CT molecular complexity index is 651. The van der Waals surface area contributed by atoms with Crippen LogP contribution in [0.1, 0.15) is 36.9 Å². The second-order valence-electron chi connectivity index (χ2n) is 7.61. The van der Waals surface area contributed by atoms with Crippen LogP contribution in [0.5, 0.6) is 0 Å². The molecule has 4 rings (SSSR count). The Morgan fingerprint density at radius 1 is 1.23 bits per heavy atom. The molecule has 0 bridgehead atoms. The Morgan fingerprint density at radius 3 is 2.62 bits per heavy atom.